The fourth-order valence-corrected chi connectivity index (χ4v) is 3.81. The summed E-state index contributed by atoms with van der Waals surface area (Å²) in [6.07, 6.45) is 22.3. The Hall–Kier alpha value is -0.130. The number of hydrogen-bond donors (Lipinski definition) is 1. The predicted molar refractivity (Wildman–Crippen MR) is 110 cm³/mol. The molecule has 0 aliphatic rings. The van der Waals surface area contributed by atoms with Gasteiger partial charge in [0.25, 0.3) is 10.1 Å². The summed E-state index contributed by atoms with van der Waals surface area (Å²) in [4.78, 5) is 0. The first kappa shape index (κ1) is 27.1. The van der Waals surface area contributed by atoms with E-state index in [1.54, 1.807) is 0 Å². The van der Waals surface area contributed by atoms with Crippen molar-refractivity contribution in [3.63, 3.8) is 0 Å². The monoisotopic (exact) mass is 379 g/mol. The molecule has 0 unspecified atom stereocenters. The zero-order valence-electron chi connectivity index (χ0n) is 17.1. The summed E-state index contributed by atoms with van der Waals surface area (Å²) in [5, 5.41) is 0. The van der Waals surface area contributed by atoms with Crippen LogP contribution in [0.25, 0.3) is 0 Å². The summed E-state index contributed by atoms with van der Waals surface area (Å²) < 4.78 is 26.7. The van der Waals surface area contributed by atoms with E-state index in [1.165, 1.54) is 97.0 Å². The van der Waals surface area contributed by atoms with Crippen molar-refractivity contribution in [3.8, 4) is 0 Å². The summed E-state index contributed by atoms with van der Waals surface area (Å²) in [6, 6.07) is 0. The molecular formula is C20H45NO3S. The SMILES string of the molecule is CCCCCCCCCCCCCCCCCCCS(=O)(=O)OC.N. The van der Waals surface area contributed by atoms with Gasteiger partial charge >= 0.3 is 0 Å². The Labute approximate surface area is 158 Å². The van der Waals surface area contributed by atoms with Gasteiger partial charge in [0.15, 0.2) is 0 Å². The third-order valence-electron chi connectivity index (χ3n) is 4.75. The third kappa shape index (κ3) is 21.8. The van der Waals surface area contributed by atoms with E-state index in [1.807, 2.05) is 0 Å². The van der Waals surface area contributed by atoms with Gasteiger partial charge in [-0.05, 0) is 6.42 Å². The molecule has 0 heterocycles. The summed E-state index contributed by atoms with van der Waals surface area (Å²) in [5.41, 5.74) is 0. The quantitative estimate of drug-likeness (QED) is 0.198. The molecule has 0 bridgehead atoms. The van der Waals surface area contributed by atoms with Crippen LogP contribution in [0.2, 0.25) is 0 Å². The molecule has 0 radical (unpaired) electrons. The zero-order chi connectivity index (χ0) is 17.9. The highest BCUT2D eigenvalue weighted by atomic mass is 32.2. The van der Waals surface area contributed by atoms with Gasteiger partial charge in [0, 0.05) is 0 Å². The molecule has 0 spiro atoms. The standard InChI is InChI=1S/C20H42O3S.H3N/c1-3-4-5-6-7-8-9-10-11-12-13-14-15-16-17-18-19-20-24(21,22)23-2;/h3-20H2,1-2H3;1H3. The minimum atomic E-state index is -3.24. The molecule has 0 aromatic carbocycles. The molecule has 4 nitrogen and oxygen atoms in total. The Balaban J connectivity index is 0. The highest BCUT2D eigenvalue weighted by molar-refractivity contribution is 7.86. The van der Waals surface area contributed by atoms with Crippen LogP contribution in [0.4, 0.5) is 0 Å². The largest absolute Gasteiger partial charge is 0.344 e. The first-order valence-corrected chi connectivity index (χ1v) is 12.0. The van der Waals surface area contributed by atoms with Crippen LogP contribution in [-0.2, 0) is 14.3 Å². The van der Waals surface area contributed by atoms with Crippen molar-refractivity contribution < 1.29 is 12.6 Å². The Kier molecular flexibility index (Phi) is 21.9. The maximum atomic E-state index is 11.1. The molecular weight excluding hydrogens is 334 g/mol. The van der Waals surface area contributed by atoms with Crippen molar-refractivity contribution >= 4 is 10.1 Å². The maximum absolute atomic E-state index is 11.1. The lowest BCUT2D eigenvalue weighted by Crippen LogP contribution is -2.07. The highest BCUT2D eigenvalue weighted by Crippen LogP contribution is 2.14. The summed E-state index contributed by atoms with van der Waals surface area (Å²) >= 11 is 0. The second kappa shape index (κ2) is 20.2. The lowest BCUT2D eigenvalue weighted by Gasteiger charge is -2.04. The summed E-state index contributed by atoms with van der Waals surface area (Å²) in [5.74, 6) is 0.169. The lowest BCUT2D eigenvalue weighted by atomic mass is 10.0. The van der Waals surface area contributed by atoms with Crippen molar-refractivity contribution in [2.45, 2.75) is 116 Å². The molecule has 3 N–H and O–H groups in total. The van der Waals surface area contributed by atoms with Crippen LogP contribution >= 0.6 is 0 Å². The van der Waals surface area contributed by atoms with Crippen LogP contribution in [0, 0.1) is 0 Å². The number of rotatable bonds is 19. The molecule has 25 heavy (non-hydrogen) atoms. The second-order valence-electron chi connectivity index (χ2n) is 7.09. The third-order valence-corrected chi connectivity index (χ3v) is 6.05. The Morgan fingerprint density at radius 2 is 0.840 bits per heavy atom. The smallest absolute Gasteiger partial charge is 0.267 e. The first-order chi connectivity index (χ1) is 11.6. The molecule has 0 atom stereocenters. The van der Waals surface area contributed by atoms with Gasteiger partial charge in [-0.15, -0.1) is 0 Å². The van der Waals surface area contributed by atoms with Crippen LogP contribution in [-0.4, -0.2) is 21.3 Å². The van der Waals surface area contributed by atoms with E-state index in [-0.39, 0.29) is 11.9 Å². The van der Waals surface area contributed by atoms with Gasteiger partial charge < -0.3 is 6.15 Å². The fraction of sp³-hybridized carbons (Fsp3) is 1.00. The van der Waals surface area contributed by atoms with E-state index in [2.05, 4.69) is 11.1 Å². The molecule has 0 amide bonds. The number of unbranched alkanes of at least 4 members (excludes halogenated alkanes) is 16. The Bertz CT molecular complexity index is 345. The van der Waals surface area contributed by atoms with E-state index >= 15 is 0 Å². The average Bonchev–Trinajstić information content (AvgIpc) is 2.57. The van der Waals surface area contributed by atoms with Crippen molar-refractivity contribution in [2.24, 2.45) is 0 Å². The normalized spacial score (nSPS) is 11.4. The van der Waals surface area contributed by atoms with E-state index in [0.717, 1.165) is 19.3 Å². The van der Waals surface area contributed by atoms with Gasteiger partial charge in [0.1, 0.15) is 0 Å². The molecule has 0 aliphatic carbocycles. The van der Waals surface area contributed by atoms with E-state index in [0.29, 0.717) is 0 Å². The second-order valence-corrected chi connectivity index (χ2v) is 8.94. The molecule has 0 fully saturated rings. The van der Waals surface area contributed by atoms with Crippen LogP contribution in [0.1, 0.15) is 116 Å². The van der Waals surface area contributed by atoms with Crippen LogP contribution in [0.15, 0.2) is 0 Å². The summed E-state index contributed by atoms with van der Waals surface area (Å²) in [7, 11) is -2.00. The minimum absolute atomic E-state index is 0. The molecule has 0 aromatic rings. The Morgan fingerprint density at radius 3 is 1.12 bits per heavy atom. The van der Waals surface area contributed by atoms with Gasteiger partial charge in [0.05, 0.1) is 12.9 Å². The molecule has 0 saturated heterocycles. The first-order valence-electron chi connectivity index (χ1n) is 10.4. The van der Waals surface area contributed by atoms with Crippen molar-refractivity contribution in [2.75, 3.05) is 12.9 Å². The van der Waals surface area contributed by atoms with Crippen molar-refractivity contribution in [3.05, 3.63) is 0 Å². The van der Waals surface area contributed by atoms with Gasteiger partial charge in [-0.2, -0.15) is 8.42 Å². The molecule has 0 saturated carbocycles. The fourth-order valence-electron chi connectivity index (χ4n) is 3.09. The van der Waals surface area contributed by atoms with E-state index < -0.39 is 10.1 Å². The van der Waals surface area contributed by atoms with Crippen molar-refractivity contribution in [1.82, 2.24) is 6.15 Å². The minimum Gasteiger partial charge on any atom is -0.344 e. The molecule has 0 aliphatic heterocycles. The van der Waals surface area contributed by atoms with Gasteiger partial charge in [-0.25, -0.2) is 0 Å². The van der Waals surface area contributed by atoms with E-state index in [4.69, 9.17) is 0 Å². The lowest BCUT2D eigenvalue weighted by molar-refractivity contribution is 0.396. The van der Waals surface area contributed by atoms with Gasteiger partial charge in [0.2, 0.25) is 0 Å². The maximum Gasteiger partial charge on any atom is 0.267 e. The highest BCUT2D eigenvalue weighted by Gasteiger charge is 2.06. The van der Waals surface area contributed by atoms with Crippen LogP contribution in [0.3, 0.4) is 0 Å². The van der Waals surface area contributed by atoms with Gasteiger partial charge in [-0.1, -0.05) is 110 Å². The average molecular weight is 380 g/mol. The molecule has 5 heteroatoms. The van der Waals surface area contributed by atoms with E-state index in [9.17, 15) is 8.42 Å². The predicted octanol–water partition coefficient (Wildman–Crippen LogP) is 6.78. The van der Waals surface area contributed by atoms with Gasteiger partial charge in [-0.3, -0.25) is 4.18 Å². The Morgan fingerprint density at radius 1 is 0.560 bits per heavy atom. The summed E-state index contributed by atoms with van der Waals surface area (Å²) in [6.45, 7) is 2.27. The van der Waals surface area contributed by atoms with Crippen LogP contribution in [0.5, 0.6) is 0 Å². The number of hydrogen-bond acceptors (Lipinski definition) is 4. The van der Waals surface area contributed by atoms with Crippen molar-refractivity contribution in [1.29, 1.82) is 0 Å². The molecule has 0 aromatic heterocycles. The van der Waals surface area contributed by atoms with Crippen LogP contribution < -0.4 is 6.15 Å². The zero-order valence-corrected chi connectivity index (χ0v) is 17.9. The topological polar surface area (TPSA) is 78.4 Å². The molecule has 0 rings (SSSR count). The molecule has 154 valence electrons.